The number of rotatable bonds is 3. The molecule has 0 bridgehead atoms. The standard InChI is InChI=1S/C19H15NO4/c20-19(24)13-9-5-4-8-12(13)16-14(11-6-2-1-3-7-11)10-15(21)17(22)18(16)23/h1-10,21-23H,(H2,20,24). The molecule has 0 spiro atoms. The van der Waals surface area contributed by atoms with Crippen molar-refractivity contribution in [2.24, 2.45) is 5.73 Å². The lowest BCUT2D eigenvalue weighted by Crippen LogP contribution is -2.12. The second-order valence-electron chi connectivity index (χ2n) is 5.29. The molecule has 0 unspecified atom stereocenters. The molecule has 5 nitrogen and oxygen atoms in total. The third kappa shape index (κ3) is 2.52. The van der Waals surface area contributed by atoms with E-state index in [0.29, 0.717) is 16.7 Å². The van der Waals surface area contributed by atoms with Crippen molar-refractivity contribution in [1.29, 1.82) is 0 Å². The zero-order chi connectivity index (χ0) is 17.3. The minimum absolute atomic E-state index is 0.204. The van der Waals surface area contributed by atoms with Crippen molar-refractivity contribution in [2.45, 2.75) is 0 Å². The first-order chi connectivity index (χ1) is 11.5. The molecule has 3 aromatic rings. The smallest absolute Gasteiger partial charge is 0.249 e. The maximum atomic E-state index is 11.7. The van der Waals surface area contributed by atoms with Crippen LogP contribution in [0.4, 0.5) is 0 Å². The van der Waals surface area contributed by atoms with Crippen molar-refractivity contribution in [3.8, 4) is 39.5 Å². The number of phenols is 3. The minimum Gasteiger partial charge on any atom is -0.504 e. The van der Waals surface area contributed by atoms with Gasteiger partial charge < -0.3 is 21.1 Å². The summed E-state index contributed by atoms with van der Waals surface area (Å²) in [5.41, 5.74) is 7.41. The second kappa shape index (κ2) is 5.96. The molecular formula is C19H15NO4. The molecule has 0 aliphatic heterocycles. The largest absolute Gasteiger partial charge is 0.504 e. The van der Waals surface area contributed by atoms with Crippen LogP contribution >= 0.6 is 0 Å². The number of hydrogen-bond acceptors (Lipinski definition) is 4. The topological polar surface area (TPSA) is 104 Å². The molecule has 120 valence electrons. The molecule has 0 aromatic heterocycles. The van der Waals surface area contributed by atoms with Crippen LogP contribution in [0.2, 0.25) is 0 Å². The molecule has 0 radical (unpaired) electrons. The first-order valence-electron chi connectivity index (χ1n) is 7.23. The zero-order valence-electron chi connectivity index (χ0n) is 12.6. The van der Waals surface area contributed by atoms with Gasteiger partial charge in [0.15, 0.2) is 11.5 Å². The number of hydrogen-bond donors (Lipinski definition) is 4. The van der Waals surface area contributed by atoms with E-state index < -0.39 is 23.2 Å². The summed E-state index contributed by atoms with van der Waals surface area (Å²) in [5, 5.41) is 30.2. The van der Waals surface area contributed by atoms with Gasteiger partial charge in [0.25, 0.3) is 0 Å². The maximum absolute atomic E-state index is 11.7. The molecule has 0 heterocycles. The predicted molar refractivity (Wildman–Crippen MR) is 90.8 cm³/mol. The van der Waals surface area contributed by atoms with Crippen LogP contribution in [0, 0.1) is 0 Å². The normalized spacial score (nSPS) is 10.5. The van der Waals surface area contributed by atoms with Crippen molar-refractivity contribution in [3.05, 3.63) is 66.2 Å². The number of carbonyl (C=O) groups is 1. The summed E-state index contributed by atoms with van der Waals surface area (Å²) in [6, 6.07) is 16.9. The third-order valence-electron chi connectivity index (χ3n) is 3.80. The van der Waals surface area contributed by atoms with Gasteiger partial charge in [-0.2, -0.15) is 0 Å². The zero-order valence-corrected chi connectivity index (χ0v) is 12.6. The highest BCUT2D eigenvalue weighted by atomic mass is 16.3. The summed E-state index contributed by atoms with van der Waals surface area (Å²) in [6.07, 6.45) is 0. The molecule has 0 atom stereocenters. The van der Waals surface area contributed by atoms with Gasteiger partial charge in [0.1, 0.15) is 0 Å². The van der Waals surface area contributed by atoms with E-state index in [9.17, 15) is 20.1 Å². The summed E-state index contributed by atoms with van der Waals surface area (Å²) in [5.74, 6) is -2.27. The Bertz CT molecular complexity index is 920. The molecule has 5 heteroatoms. The lowest BCUT2D eigenvalue weighted by atomic mass is 9.90. The van der Waals surface area contributed by atoms with Crippen molar-refractivity contribution in [1.82, 2.24) is 0 Å². The highest BCUT2D eigenvalue weighted by Gasteiger charge is 2.22. The average molecular weight is 321 g/mol. The summed E-state index contributed by atoms with van der Waals surface area (Å²) < 4.78 is 0. The van der Waals surface area contributed by atoms with Crippen LogP contribution < -0.4 is 5.73 Å². The fourth-order valence-corrected chi connectivity index (χ4v) is 2.68. The van der Waals surface area contributed by atoms with E-state index >= 15 is 0 Å². The molecule has 3 aromatic carbocycles. The van der Waals surface area contributed by atoms with E-state index in [1.165, 1.54) is 12.1 Å². The van der Waals surface area contributed by atoms with Gasteiger partial charge in [0.2, 0.25) is 11.7 Å². The highest BCUT2D eigenvalue weighted by molar-refractivity contribution is 6.03. The van der Waals surface area contributed by atoms with E-state index in [-0.39, 0.29) is 11.1 Å². The molecule has 0 saturated carbocycles. The molecule has 3 rings (SSSR count). The predicted octanol–water partition coefficient (Wildman–Crippen LogP) is 3.24. The fourth-order valence-electron chi connectivity index (χ4n) is 2.68. The Hall–Kier alpha value is -3.47. The number of phenolic OH excluding ortho intramolecular Hbond substituents is 3. The van der Waals surface area contributed by atoms with Crippen LogP contribution in [0.5, 0.6) is 17.2 Å². The summed E-state index contributed by atoms with van der Waals surface area (Å²) in [4.78, 5) is 11.7. The van der Waals surface area contributed by atoms with Gasteiger partial charge in [-0.25, -0.2) is 0 Å². The van der Waals surface area contributed by atoms with Gasteiger partial charge in [-0.3, -0.25) is 4.79 Å². The van der Waals surface area contributed by atoms with Crippen LogP contribution in [-0.2, 0) is 0 Å². The quantitative estimate of drug-likeness (QED) is 0.556. The van der Waals surface area contributed by atoms with Gasteiger partial charge in [-0.15, -0.1) is 0 Å². The van der Waals surface area contributed by atoms with Crippen LogP contribution in [0.1, 0.15) is 10.4 Å². The fraction of sp³-hybridized carbons (Fsp3) is 0. The number of benzene rings is 3. The van der Waals surface area contributed by atoms with Crippen molar-refractivity contribution in [3.63, 3.8) is 0 Å². The molecule has 0 aliphatic carbocycles. The summed E-state index contributed by atoms with van der Waals surface area (Å²) in [6.45, 7) is 0. The lowest BCUT2D eigenvalue weighted by Gasteiger charge is -2.16. The number of primary amides is 1. The van der Waals surface area contributed by atoms with Gasteiger partial charge >= 0.3 is 0 Å². The Kier molecular flexibility index (Phi) is 3.83. The molecule has 5 N–H and O–H groups in total. The van der Waals surface area contributed by atoms with Gasteiger partial charge in [0.05, 0.1) is 0 Å². The number of aromatic hydroxyl groups is 3. The van der Waals surface area contributed by atoms with Gasteiger partial charge in [0, 0.05) is 11.1 Å². The van der Waals surface area contributed by atoms with Gasteiger partial charge in [-0.1, -0.05) is 48.5 Å². The van der Waals surface area contributed by atoms with E-state index in [0.717, 1.165) is 0 Å². The number of carbonyl (C=O) groups excluding carboxylic acids is 1. The van der Waals surface area contributed by atoms with E-state index in [2.05, 4.69) is 0 Å². The SMILES string of the molecule is NC(=O)c1ccccc1-c1c(-c2ccccc2)cc(O)c(O)c1O. The number of amides is 1. The maximum Gasteiger partial charge on any atom is 0.249 e. The Morgan fingerprint density at radius 3 is 2.08 bits per heavy atom. The van der Waals surface area contributed by atoms with E-state index in [4.69, 9.17) is 5.73 Å². The molecule has 0 fully saturated rings. The molecule has 0 saturated heterocycles. The third-order valence-corrected chi connectivity index (χ3v) is 3.80. The van der Waals surface area contributed by atoms with Crippen molar-refractivity contribution in [2.75, 3.05) is 0 Å². The first-order valence-corrected chi connectivity index (χ1v) is 7.23. The summed E-state index contributed by atoms with van der Waals surface area (Å²) in [7, 11) is 0. The minimum atomic E-state index is -0.656. The van der Waals surface area contributed by atoms with E-state index in [1.54, 1.807) is 42.5 Å². The molecule has 24 heavy (non-hydrogen) atoms. The van der Waals surface area contributed by atoms with Crippen LogP contribution in [0.3, 0.4) is 0 Å². The Balaban J connectivity index is 2.40. The lowest BCUT2D eigenvalue weighted by molar-refractivity contribution is 0.100. The van der Waals surface area contributed by atoms with Crippen LogP contribution in [0.15, 0.2) is 60.7 Å². The Morgan fingerprint density at radius 2 is 1.42 bits per heavy atom. The van der Waals surface area contributed by atoms with Crippen LogP contribution in [0.25, 0.3) is 22.3 Å². The molecule has 1 amide bonds. The van der Waals surface area contributed by atoms with Crippen molar-refractivity contribution >= 4 is 5.91 Å². The Morgan fingerprint density at radius 1 is 0.792 bits per heavy atom. The second-order valence-corrected chi connectivity index (χ2v) is 5.29. The Labute approximate surface area is 138 Å². The summed E-state index contributed by atoms with van der Waals surface area (Å²) >= 11 is 0. The van der Waals surface area contributed by atoms with Crippen LogP contribution in [-0.4, -0.2) is 21.2 Å². The first kappa shape index (κ1) is 15.4. The highest BCUT2D eigenvalue weighted by Crippen LogP contribution is 2.49. The molecular weight excluding hydrogens is 306 g/mol. The number of nitrogens with two attached hydrogens (primary N) is 1. The van der Waals surface area contributed by atoms with Crippen molar-refractivity contribution < 1.29 is 20.1 Å². The average Bonchev–Trinajstić information content (AvgIpc) is 2.60. The molecule has 0 aliphatic rings. The van der Waals surface area contributed by atoms with Gasteiger partial charge in [-0.05, 0) is 28.8 Å². The monoisotopic (exact) mass is 321 g/mol. The van der Waals surface area contributed by atoms with E-state index in [1.807, 2.05) is 6.07 Å².